The lowest BCUT2D eigenvalue weighted by Gasteiger charge is -2.29. The molecule has 324 valence electrons. The molecule has 0 atom stereocenters. The van der Waals surface area contributed by atoms with Crippen LogP contribution < -0.4 is 18.9 Å². The van der Waals surface area contributed by atoms with Crippen LogP contribution in [-0.2, 0) is 56.9 Å². The largest absolute Gasteiger partial charge is 0.493 e. The quantitative estimate of drug-likeness (QED) is 0.115. The second-order valence-corrected chi connectivity index (χ2v) is 21.1. The van der Waals surface area contributed by atoms with E-state index >= 15 is 0 Å². The summed E-state index contributed by atoms with van der Waals surface area (Å²) in [6, 6.07) is 18.0. The summed E-state index contributed by atoms with van der Waals surface area (Å²) in [6.07, 6.45) is 3.58. The van der Waals surface area contributed by atoms with Crippen molar-refractivity contribution >= 4 is 11.9 Å². The Morgan fingerprint density at radius 2 is 0.600 bits per heavy atom. The van der Waals surface area contributed by atoms with Gasteiger partial charge in [0.2, 0.25) is 0 Å². The number of benzene rings is 4. The Hall–Kier alpha value is -4.58. The van der Waals surface area contributed by atoms with Gasteiger partial charge in [-0.2, -0.15) is 0 Å². The Bertz CT molecular complexity index is 1970. The van der Waals surface area contributed by atoms with Crippen molar-refractivity contribution < 1.29 is 28.5 Å². The van der Waals surface area contributed by atoms with Gasteiger partial charge in [-0.05, 0) is 79.0 Å². The molecule has 4 aromatic carbocycles. The highest BCUT2D eigenvalue weighted by atomic mass is 16.5. The van der Waals surface area contributed by atoms with Gasteiger partial charge in [0.15, 0.2) is 0 Å². The average molecular weight is 817 g/mol. The van der Waals surface area contributed by atoms with Crippen molar-refractivity contribution in [1.29, 1.82) is 0 Å². The van der Waals surface area contributed by atoms with E-state index in [4.69, 9.17) is 18.9 Å². The van der Waals surface area contributed by atoms with Crippen LogP contribution in [0.1, 0.15) is 190 Å². The Balaban J connectivity index is 2.04. The fourth-order valence-electron chi connectivity index (χ4n) is 7.95. The predicted octanol–water partition coefficient (Wildman–Crippen LogP) is 13.0. The third-order valence-electron chi connectivity index (χ3n) is 11.4. The molecule has 0 spiro atoms. The van der Waals surface area contributed by atoms with Crippen LogP contribution in [0.25, 0.3) is 0 Å². The molecule has 0 saturated carbocycles. The first-order valence-corrected chi connectivity index (χ1v) is 22.1. The van der Waals surface area contributed by atoms with Crippen molar-refractivity contribution in [1.82, 2.24) is 0 Å². The summed E-state index contributed by atoms with van der Waals surface area (Å²) >= 11 is 0. The molecule has 0 radical (unpaired) electrons. The highest BCUT2D eigenvalue weighted by Crippen LogP contribution is 2.44. The Labute approximate surface area is 361 Å². The van der Waals surface area contributed by atoms with Crippen molar-refractivity contribution in [2.75, 3.05) is 13.2 Å². The molecule has 0 amide bonds. The van der Waals surface area contributed by atoms with Crippen LogP contribution in [0.3, 0.4) is 0 Å². The number of hydrogen-bond acceptors (Lipinski definition) is 6. The molecule has 0 fully saturated rings. The maximum atomic E-state index is 13.1. The molecule has 1 aliphatic rings. The summed E-state index contributed by atoms with van der Waals surface area (Å²) in [4.78, 5) is 26.3. The van der Waals surface area contributed by atoms with Gasteiger partial charge in [-0.1, -0.05) is 145 Å². The fourth-order valence-corrected chi connectivity index (χ4v) is 7.95. The summed E-state index contributed by atoms with van der Waals surface area (Å²) in [5.74, 6) is 2.10. The summed E-state index contributed by atoms with van der Waals surface area (Å²) in [5.41, 5.74) is 11.7. The van der Waals surface area contributed by atoms with E-state index in [-0.39, 0.29) is 33.6 Å². The van der Waals surface area contributed by atoms with Crippen molar-refractivity contribution in [3.63, 3.8) is 0 Å². The third kappa shape index (κ3) is 11.0. The number of ether oxygens (including phenoxy) is 4. The number of rotatable bonds is 8. The number of fused-ring (bicyclic) bond motifs is 8. The zero-order chi connectivity index (χ0) is 44.5. The third-order valence-corrected chi connectivity index (χ3v) is 11.4. The van der Waals surface area contributed by atoms with Crippen LogP contribution in [0.5, 0.6) is 23.0 Å². The Morgan fingerprint density at radius 1 is 0.400 bits per heavy atom. The van der Waals surface area contributed by atoms with Crippen LogP contribution in [0.2, 0.25) is 0 Å². The smallest absolute Gasteiger partial charge is 0.308 e. The van der Waals surface area contributed by atoms with Gasteiger partial charge in [-0.25, -0.2) is 0 Å². The summed E-state index contributed by atoms with van der Waals surface area (Å²) < 4.78 is 26.3. The van der Waals surface area contributed by atoms with E-state index in [0.29, 0.717) is 50.4 Å². The normalized spacial score (nSPS) is 13.5. The van der Waals surface area contributed by atoms with Crippen molar-refractivity contribution in [3.05, 3.63) is 115 Å². The van der Waals surface area contributed by atoms with Gasteiger partial charge in [0.1, 0.15) is 23.0 Å². The number of carbonyl (C=O) groups is 2. The minimum absolute atomic E-state index is 0.190. The van der Waals surface area contributed by atoms with Crippen molar-refractivity contribution in [2.24, 2.45) is 0 Å². The first-order valence-electron chi connectivity index (χ1n) is 22.1. The molecule has 0 N–H and O–H groups in total. The van der Waals surface area contributed by atoms with Gasteiger partial charge in [0.25, 0.3) is 0 Å². The molecule has 0 heterocycles. The summed E-state index contributed by atoms with van der Waals surface area (Å²) in [7, 11) is 0. The Kier molecular flexibility index (Phi) is 13.8. The van der Waals surface area contributed by atoms with E-state index in [1.54, 1.807) is 0 Å². The van der Waals surface area contributed by atoms with E-state index in [1.165, 1.54) is 25.0 Å². The van der Waals surface area contributed by atoms with Gasteiger partial charge in [0, 0.05) is 61.8 Å². The van der Waals surface area contributed by atoms with Gasteiger partial charge >= 0.3 is 11.9 Å². The first-order chi connectivity index (χ1) is 27.8. The molecule has 0 aromatic heterocycles. The van der Waals surface area contributed by atoms with Gasteiger partial charge in [-0.15, -0.1) is 0 Å². The molecular weight excluding hydrogens is 745 g/mol. The molecule has 0 saturated heterocycles. The lowest BCUT2D eigenvalue weighted by Crippen LogP contribution is -2.18. The number of hydrogen-bond donors (Lipinski definition) is 0. The molecule has 5 rings (SSSR count). The Morgan fingerprint density at radius 3 is 0.767 bits per heavy atom. The maximum Gasteiger partial charge on any atom is 0.308 e. The van der Waals surface area contributed by atoms with Gasteiger partial charge in [-0.3, -0.25) is 9.59 Å². The molecule has 60 heavy (non-hydrogen) atoms. The number of carbonyl (C=O) groups excluding carboxylic acids is 2. The van der Waals surface area contributed by atoms with E-state index < -0.39 is 0 Å². The minimum atomic E-state index is -0.361. The zero-order valence-electron chi connectivity index (χ0n) is 39.7. The minimum Gasteiger partial charge on any atom is -0.493 e. The van der Waals surface area contributed by atoms with Gasteiger partial charge < -0.3 is 18.9 Å². The maximum absolute atomic E-state index is 13.1. The van der Waals surface area contributed by atoms with E-state index in [9.17, 15) is 9.59 Å². The number of esters is 2. The lowest BCUT2D eigenvalue weighted by atomic mass is 9.79. The lowest BCUT2D eigenvalue weighted by molar-refractivity contribution is -0.132. The SMILES string of the molecule is CCCOc1c2cc(C(C)(C)C)cc1Cc1cc(C(C)(C)C)cc(c1OC(C)=O)Cc1cc(C(C)(C)C)cc(c1OCCC)Cc1cc(C(C)(C)C)cc(c1OC(C)=O)C2. The van der Waals surface area contributed by atoms with Crippen LogP contribution in [0.4, 0.5) is 0 Å². The van der Waals surface area contributed by atoms with E-state index in [2.05, 4.69) is 145 Å². The van der Waals surface area contributed by atoms with Crippen LogP contribution in [0, 0.1) is 0 Å². The molecule has 6 heteroatoms. The van der Waals surface area contributed by atoms with Crippen molar-refractivity contribution in [3.8, 4) is 23.0 Å². The summed E-state index contributed by atoms with van der Waals surface area (Å²) in [5, 5.41) is 0. The standard InChI is InChI=1S/C54H72O6/c1-17-19-57-47-35-21-39-29-45(53(11,12)13)31-41(49(39)59-33(3)55)23-37-27-44(52(8,9)10)28-38(48(37)58-20-18-2)24-42-32-46(54(14,15)16)30-40(50(42)60-34(4)56)22-36(47)26-43(25-35)51(5,6)7/h25-32H,17-24H2,1-16H3. The van der Waals surface area contributed by atoms with Crippen LogP contribution in [-0.4, -0.2) is 25.2 Å². The molecule has 1 aliphatic carbocycles. The average Bonchev–Trinajstić information content (AvgIpc) is 3.10. The zero-order valence-corrected chi connectivity index (χ0v) is 39.7. The summed E-state index contributed by atoms with van der Waals surface area (Å²) in [6.45, 7) is 35.1. The monoisotopic (exact) mass is 817 g/mol. The molecular formula is C54H72O6. The first kappa shape index (κ1) is 46.5. The topological polar surface area (TPSA) is 71.1 Å². The molecule has 4 aromatic rings. The van der Waals surface area contributed by atoms with Crippen LogP contribution >= 0.6 is 0 Å². The van der Waals surface area contributed by atoms with Crippen molar-refractivity contribution in [2.45, 2.75) is 171 Å². The van der Waals surface area contributed by atoms with E-state index in [0.717, 1.165) is 80.0 Å². The predicted molar refractivity (Wildman–Crippen MR) is 246 cm³/mol. The second kappa shape index (κ2) is 17.8. The van der Waals surface area contributed by atoms with Gasteiger partial charge in [0.05, 0.1) is 13.2 Å². The highest BCUT2D eigenvalue weighted by molar-refractivity contribution is 5.72. The second-order valence-electron chi connectivity index (χ2n) is 21.1. The molecule has 0 unspecified atom stereocenters. The van der Waals surface area contributed by atoms with Crippen LogP contribution in [0.15, 0.2) is 48.5 Å². The fraction of sp³-hybridized carbons (Fsp3) is 0.519. The van der Waals surface area contributed by atoms with E-state index in [1.807, 2.05) is 0 Å². The highest BCUT2D eigenvalue weighted by Gasteiger charge is 2.30. The molecule has 0 aliphatic heterocycles. The molecule has 8 bridgehead atoms. The molecule has 6 nitrogen and oxygen atoms in total.